The van der Waals surface area contributed by atoms with E-state index in [0.29, 0.717) is 24.6 Å². The Kier molecular flexibility index (Phi) is 6.66. The summed E-state index contributed by atoms with van der Waals surface area (Å²) >= 11 is 0. The zero-order chi connectivity index (χ0) is 19.1. The zero-order valence-corrected chi connectivity index (χ0v) is 15.3. The molecule has 0 spiro atoms. The predicted octanol–water partition coefficient (Wildman–Crippen LogP) is 2.06. The van der Waals surface area contributed by atoms with Crippen LogP contribution in [0.5, 0.6) is 0 Å². The Morgan fingerprint density at radius 3 is 2.46 bits per heavy atom. The van der Waals surface area contributed by atoms with Crippen LogP contribution in [0.15, 0.2) is 36.5 Å². The van der Waals surface area contributed by atoms with E-state index in [1.54, 1.807) is 0 Å². The van der Waals surface area contributed by atoms with Gasteiger partial charge in [-0.05, 0) is 12.5 Å². The van der Waals surface area contributed by atoms with Crippen LogP contribution in [0.2, 0.25) is 0 Å². The zero-order valence-electron chi connectivity index (χ0n) is 15.3. The number of nitrogens with one attached hydrogen (secondary N) is 2. The topological polar surface area (TPSA) is 110 Å². The second-order valence-electron chi connectivity index (χ2n) is 6.39. The molecular weight excluding hydrogens is 330 g/mol. The number of nitrogens with zero attached hydrogens (tertiary/aromatic N) is 2. The second kappa shape index (κ2) is 8.94. The van der Waals surface area contributed by atoms with Gasteiger partial charge in [0.25, 0.3) is 5.91 Å². The second-order valence-corrected chi connectivity index (χ2v) is 6.39. The maximum Gasteiger partial charge on any atom is 0.252 e. The summed E-state index contributed by atoms with van der Waals surface area (Å²) in [7, 11) is 0. The van der Waals surface area contributed by atoms with E-state index < -0.39 is 5.91 Å². The van der Waals surface area contributed by atoms with E-state index in [2.05, 4.69) is 20.6 Å². The molecule has 7 heteroatoms. The van der Waals surface area contributed by atoms with E-state index >= 15 is 0 Å². The summed E-state index contributed by atoms with van der Waals surface area (Å²) in [4.78, 5) is 31.9. The van der Waals surface area contributed by atoms with Gasteiger partial charge in [0.2, 0.25) is 11.9 Å². The van der Waals surface area contributed by atoms with E-state index in [0.717, 1.165) is 5.56 Å². The van der Waals surface area contributed by atoms with E-state index in [1.807, 2.05) is 51.1 Å². The Morgan fingerprint density at radius 1 is 1.15 bits per heavy atom. The van der Waals surface area contributed by atoms with Gasteiger partial charge in [0.15, 0.2) is 0 Å². The molecule has 1 atom stereocenters. The van der Waals surface area contributed by atoms with Crippen LogP contribution in [-0.4, -0.2) is 28.3 Å². The molecule has 0 aliphatic rings. The number of nitrogens with two attached hydrogens (primary N) is 1. The molecule has 2 aromatic rings. The van der Waals surface area contributed by atoms with Crippen molar-refractivity contribution >= 4 is 17.8 Å². The van der Waals surface area contributed by atoms with Crippen molar-refractivity contribution in [2.75, 3.05) is 11.9 Å². The summed E-state index contributed by atoms with van der Waals surface area (Å²) in [6.07, 6.45) is 1.82. The van der Waals surface area contributed by atoms with Gasteiger partial charge >= 0.3 is 0 Å². The summed E-state index contributed by atoms with van der Waals surface area (Å²) in [5.41, 5.74) is 7.29. The highest BCUT2D eigenvalue weighted by Crippen LogP contribution is 2.17. The smallest absolute Gasteiger partial charge is 0.252 e. The minimum atomic E-state index is -0.585. The van der Waals surface area contributed by atoms with Crippen molar-refractivity contribution in [2.24, 2.45) is 11.7 Å². The van der Waals surface area contributed by atoms with E-state index in [4.69, 9.17) is 5.73 Å². The van der Waals surface area contributed by atoms with Crippen molar-refractivity contribution in [2.45, 2.75) is 33.2 Å². The van der Waals surface area contributed by atoms with Gasteiger partial charge in [-0.15, -0.1) is 0 Å². The molecule has 1 aromatic carbocycles. The Morgan fingerprint density at radius 2 is 1.85 bits per heavy atom. The fourth-order valence-corrected chi connectivity index (χ4v) is 2.41. The first-order valence-corrected chi connectivity index (χ1v) is 8.63. The van der Waals surface area contributed by atoms with Crippen molar-refractivity contribution < 1.29 is 9.59 Å². The van der Waals surface area contributed by atoms with E-state index in [-0.39, 0.29) is 23.4 Å². The molecule has 138 valence electrons. The van der Waals surface area contributed by atoms with Crippen molar-refractivity contribution in [1.29, 1.82) is 0 Å². The third-order valence-corrected chi connectivity index (χ3v) is 3.96. The number of benzene rings is 1. The van der Waals surface area contributed by atoms with Gasteiger partial charge < -0.3 is 16.4 Å². The lowest BCUT2D eigenvalue weighted by Gasteiger charge is -2.15. The summed E-state index contributed by atoms with van der Waals surface area (Å²) in [5.74, 6) is -0.315. The van der Waals surface area contributed by atoms with Crippen LogP contribution >= 0.6 is 0 Å². The summed E-state index contributed by atoms with van der Waals surface area (Å²) in [5, 5.41) is 6.03. The highest BCUT2D eigenvalue weighted by molar-refractivity contribution is 5.93. The molecule has 2 rings (SSSR count). The predicted molar refractivity (Wildman–Crippen MR) is 101 cm³/mol. The van der Waals surface area contributed by atoms with Crippen LogP contribution in [0.3, 0.4) is 0 Å². The fourth-order valence-electron chi connectivity index (χ4n) is 2.41. The number of amides is 2. The number of aromatic nitrogens is 2. The molecule has 0 bridgehead atoms. The maximum atomic E-state index is 11.7. The molecule has 4 N–H and O–H groups in total. The van der Waals surface area contributed by atoms with E-state index in [9.17, 15) is 9.59 Å². The van der Waals surface area contributed by atoms with Crippen molar-refractivity contribution in [1.82, 2.24) is 15.3 Å². The van der Waals surface area contributed by atoms with Gasteiger partial charge in [-0.2, -0.15) is 0 Å². The number of anilines is 1. The Labute approximate surface area is 153 Å². The van der Waals surface area contributed by atoms with Crippen molar-refractivity contribution in [3.05, 3.63) is 53.3 Å². The van der Waals surface area contributed by atoms with Crippen LogP contribution in [0, 0.1) is 5.92 Å². The minimum absolute atomic E-state index is 0.00382. The molecular formula is C19H25N5O2. The van der Waals surface area contributed by atoms with Crippen LogP contribution in [0.1, 0.15) is 48.4 Å². The van der Waals surface area contributed by atoms with Gasteiger partial charge in [-0.1, -0.05) is 44.2 Å². The molecule has 0 aliphatic heterocycles. The van der Waals surface area contributed by atoms with Crippen molar-refractivity contribution in [3.8, 4) is 0 Å². The van der Waals surface area contributed by atoms with E-state index in [1.165, 1.54) is 6.20 Å². The van der Waals surface area contributed by atoms with Gasteiger partial charge in [0, 0.05) is 25.1 Å². The molecule has 0 saturated carbocycles. The summed E-state index contributed by atoms with van der Waals surface area (Å²) < 4.78 is 0. The monoisotopic (exact) mass is 355 g/mol. The largest absolute Gasteiger partial charge is 0.365 e. The molecule has 0 radical (unpaired) electrons. The summed E-state index contributed by atoms with van der Waals surface area (Å²) in [6, 6.07) is 9.91. The van der Waals surface area contributed by atoms with Gasteiger partial charge in [-0.25, -0.2) is 9.97 Å². The lowest BCUT2D eigenvalue weighted by atomic mass is 10.1. The highest BCUT2D eigenvalue weighted by Gasteiger charge is 2.14. The summed E-state index contributed by atoms with van der Waals surface area (Å²) in [6.45, 7) is 6.02. The number of hydrogen-bond donors (Lipinski definition) is 3. The fraction of sp³-hybridized carbons (Fsp3) is 0.368. The minimum Gasteiger partial charge on any atom is -0.365 e. The molecule has 26 heavy (non-hydrogen) atoms. The van der Waals surface area contributed by atoms with Gasteiger partial charge in [0.05, 0.1) is 17.3 Å². The maximum absolute atomic E-state index is 11.7. The Balaban J connectivity index is 2.11. The standard InChI is InChI=1S/C19H25N5O2/c1-12(2)18(26)21-10-9-16-15(17(20)25)11-22-19(24-16)23-13(3)14-7-5-4-6-8-14/h4-8,11-13H,9-10H2,1-3H3,(H2,20,25)(H,21,26)(H,22,23,24)/t13-/m1/s1. The molecule has 2 amide bonds. The Hall–Kier alpha value is -2.96. The molecule has 0 aliphatic carbocycles. The van der Waals surface area contributed by atoms with Crippen LogP contribution in [-0.2, 0) is 11.2 Å². The molecule has 1 heterocycles. The quantitative estimate of drug-likeness (QED) is 0.671. The normalized spacial score (nSPS) is 11.8. The van der Waals surface area contributed by atoms with Crippen LogP contribution in [0.25, 0.3) is 0 Å². The SMILES string of the molecule is CC(C)C(=O)NCCc1nc(N[C@H](C)c2ccccc2)ncc1C(N)=O. The number of hydrogen-bond acceptors (Lipinski definition) is 5. The van der Waals surface area contributed by atoms with Crippen molar-refractivity contribution in [3.63, 3.8) is 0 Å². The highest BCUT2D eigenvalue weighted by atomic mass is 16.2. The van der Waals surface area contributed by atoms with Crippen LogP contribution in [0.4, 0.5) is 5.95 Å². The van der Waals surface area contributed by atoms with Crippen LogP contribution < -0.4 is 16.4 Å². The number of carbonyl (C=O) groups is 2. The first kappa shape index (κ1) is 19.4. The van der Waals surface area contributed by atoms with Gasteiger partial charge in [0.1, 0.15) is 0 Å². The average molecular weight is 355 g/mol. The molecule has 0 saturated heterocycles. The lowest BCUT2D eigenvalue weighted by molar-refractivity contribution is -0.123. The number of carbonyl (C=O) groups excluding carboxylic acids is 2. The molecule has 7 nitrogen and oxygen atoms in total. The Bertz CT molecular complexity index is 762. The first-order chi connectivity index (χ1) is 12.4. The van der Waals surface area contributed by atoms with Gasteiger partial charge in [-0.3, -0.25) is 9.59 Å². The molecule has 1 aromatic heterocycles. The number of rotatable bonds is 8. The lowest BCUT2D eigenvalue weighted by Crippen LogP contribution is -2.30. The average Bonchev–Trinajstić information content (AvgIpc) is 2.62. The number of primary amides is 1. The third-order valence-electron chi connectivity index (χ3n) is 3.96. The first-order valence-electron chi connectivity index (χ1n) is 8.63. The molecule has 0 unspecified atom stereocenters. The third kappa shape index (κ3) is 5.27. The molecule has 0 fully saturated rings.